The van der Waals surface area contributed by atoms with Gasteiger partial charge in [0.25, 0.3) is 5.91 Å². The Morgan fingerprint density at radius 3 is 2.28 bits per heavy atom. The van der Waals surface area contributed by atoms with Crippen LogP contribution in [0.15, 0.2) is 78.9 Å². The average molecular weight is 334 g/mol. The third-order valence-electron chi connectivity index (χ3n) is 3.84. The molecule has 3 nitrogen and oxygen atoms in total. The highest BCUT2D eigenvalue weighted by molar-refractivity contribution is 5.97. The van der Waals surface area contributed by atoms with Gasteiger partial charge in [-0.3, -0.25) is 4.79 Å². The molecule has 3 aromatic rings. The zero-order valence-electron chi connectivity index (χ0n) is 13.9. The molecule has 0 heterocycles. The molecule has 2 N–H and O–H groups in total. The summed E-state index contributed by atoms with van der Waals surface area (Å²) in [4.78, 5) is 12.8. The fourth-order valence-electron chi connectivity index (χ4n) is 2.59. The van der Waals surface area contributed by atoms with E-state index in [9.17, 15) is 9.18 Å². The molecule has 4 heteroatoms. The van der Waals surface area contributed by atoms with Gasteiger partial charge in [-0.05, 0) is 54.4 Å². The van der Waals surface area contributed by atoms with Gasteiger partial charge in [0.05, 0.1) is 0 Å². The van der Waals surface area contributed by atoms with Crippen molar-refractivity contribution in [2.24, 2.45) is 0 Å². The second kappa shape index (κ2) is 7.62. The Bertz CT molecular complexity index is 847. The van der Waals surface area contributed by atoms with Crippen molar-refractivity contribution in [2.75, 3.05) is 10.6 Å². The van der Waals surface area contributed by atoms with Gasteiger partial charge in [-0.15, -0.1) is 0 Å². The SMILES string of the molecule is Cc1cccc(N[C@@H](C(=O)Nc2ccc(F)cc2)c2ccccc2)c1. The number of rotatable bonds is 5. The van der Waals surface area contributed by atoms with Gasteiger partial charge in [0.2, 0.25) is 0 Å². The van der Waals surface area contributed by atoms with E-state index < -0.39 is 6.04 Å². The minimum absolute atomic E-state index is 0.209. The topological polar surface area (TPSA) is 41.1 Å². The van der Waals surface area contributed by atoms with Gasteiger partial charge in [0.15, 0.2) is 0 Å². The van der Waals surface area contributed by atoms with Crippen LogP contribution in [0.3, 0.4) is 0 Å². The summed E-state index contributed by atoms with van der Waals surface area (Å²) in [6.45, 7) is 2.00. The van der Waals surface area contributed by atoms with E-state index in [1.807, 2.05) is 61.5 Å². The highest BCUT2D eigenvalue weighted by Crippen LogP contribution is 2.22. The van der Waals surface area contributed by atoms with Crippen LogP contribution in [-0.2, 0) is 4.79 Å². The number of hydrogen-bond acceptors (Lipinski definition) is 2. The summed E-state index contributed by atoms with van der Waals surface area (Å²) in [5.41, 5.74) is 3.38. The maximum absolute atomic E-state index is 13.0. The van der Waals surface area contributed by atoms with Gasteiger partial charge in [-0.25, -0.2) is 4.39 Å². The van der Waals surface area contributed by atoms with E-state index in [-0.39, 0.29) is 11.7 Å². The molecule has 0 bridgehead atoms. The summed E-state index contributed by atoms with van der Waals surface area (Å²) in [7, 11) is 0. The largest absolute Gasteiger partial charge is 0.370 e. The summed E-state index contributed by atoms with van der Waals surface area (Å²) in [6, 6.07) is 22.5. The predicted octanol–water partition coefficient (Wildman–Crippen LogP) is 4.93. The van der Waals surface area contributed by atoms with Gasteiger partial charge in [-0.2, -0.15) is 0 Å². The van der Waals surface area contributed by atoms with Gasteiger partial charge in [-0.1, -0.05) is 42.5 Å². The van der Waals surface area contributed by atoms with Gasteiger partial charge >= 0.3 is 0 Å². The Hall–Kier alpha value is -3.14. The van der Waals surface area contributed by atoms with Crippen LogP contribution in [0.5, 0.6) is 0 Å². The molecule has 1 amide bonds. The molecule has 0 aliphatic carbocycles. The first-order valence-corrected chi connectivity index (χ1v) is 8.06. The zero-order valence-corrected chi connectivity index (χ0v) is 13.9. The van der Waals surface area contributed by atoms with Gasteiger partial charge in [0, 0.05) is 11.4 Å². The number of benzene rings is 3. The lowest BCUT2D eigenvalue weighted by molar-refractivity contribution is -0.117. The molecule has 0 fully saturated rings. The number of amides is 1. The first-order valence-electron chi connectivity index (χ1n) is 8.06. The molecule has 3 aromatic carbocycles. The van der Waals surface area contributed by atoms with Crippen LogP contribution in [0.25, 0.3) is 0 Å². The standard InChI is InChI=1S/C21H19FN2O/c1-15-6-5-9-19(14-15)23-20(16-7-3-2-4-8-16)21(25)24-18-12-10-17(22)11-13-18/h2-14,20,23H,1H3,(H,24,25)/t20-/m1/s1. The first kappa shape index (κ1) is 16.7. The Labute approximate surface area is 146 Å². The van der Waals surface area contributed by atoms with Crippen LogP contribution < -0.4 is 10.6 Å². The second-order valence-corrected chi connectivity index (χ2v) is 5.85. The number of aryl methyl sites for hydroxylation is 1. The highest BCUT2D eigenvalue weighted by atomic mass is 19.1. The molecule has 1 atom stereocenters. The van der Waals surface area contributed by atoms with Crippen LogP contribution in [0.4, 0.5) is 15.8 Å². The third kappa shape index (κ3) is 4.44. The Morgan fingerprint density at radius 1 is 0.880 bits per heavy atom. The lowest BCUT2D eigenvalue weighted by Gasteiger charge is -2.20. The van der Waals surface area contributed by atoms with Crippen molar-refractivity contribution < 1.29 is 9.18 Å². The number of anilines is 2. The Balaban J connectivity index is 1.85. The molecule has 0 saturated heterocycles. The molecular formula is C21H19FN2O. The summed E-state index contributed by atoms with van der Waals surface area (Å²) in [5.74, 6) is -0.546. The lowest BCUT2D eigenvalue weighted by Crippen LogP contribution is -2.27. The predicted molar refractivity (Wildman–Crippen MR) is 99.0 cm³/mol. The molecule has 126 valence electrons. The molecule has 0 spiro atoms. The van der Waals surface area contributed by atoms with E-state index in [2.05, 4.69) is 10.6 Å². The molecular weight excluding hydrogens is 315 g/mol. The quantitative estimate of drug-likeness (QED) is 0.695. The van der Waals surface area contributed by atoms with Crippen LogP contribution in [0.1, 0.15) is 17.2 Å². The molecule has 0 aliphatic heterocycles. The monoisotopic (exact) mass is 334 g/mol. The number of halogens is 1. The maximum atomic E-state index is 13.0. The van der Waals surface area contributed by atoms with Crippen LogP contribution in [0.2, 0.25) is 0 Å². The number of nitrogens with one attached hydrogen (secondary N) is 2. The smallest absolute Gasteiger partial charge is 0.251 e. The molecule has 0 saturated carbocycles. The van der Waals surface area contributed by atoms with Crippen LogP contribution >= 0.6 is 0 Å². The van der Waals surface area contributed by atoms with Crippen LogP contribution in [0, 0.1) is 12.7 Å². The Kier molecular flexibility index (Phi) is 5.09. The summed E-state index contributed by atoms with van der Waals surface area (Å²) < 4.78 is 13.0. The minimum atomic E-state index is -0.562. The third-order valence-corrected chi connectivity index (χ3v) is 3.84. The van der Waals surface area contributed by atoms with Crippen molar-refractivity contribution in [3.63, 3.8) is 0 Å². The lowest BCUT2D eigenvalue weighted by atomic mass is 10.1. The number of carbonyl (C=O) groups excluding carboxylic acids is 1. The van der Waals surface area contributed by atoms with Gasteiger partial charge < -0.3 is 10.6 Å². The fraction of sp³-hybridized carbons (Fsp3) is 0.0952. The number of hydrogen-bond donors (Lipinski definition) is 2. The first-order chi connectivity index (χ1) is 12.1. The van der Waals surface area contributed by atoms with Crippen molar-refractivity contribution in [3.05, 3.63) is 95.8 Å². The van der Waals surface area contributed by atoms with E-state index in [1.54, 1.807) is 12.1 Å². The minimum Gasteiger partial charge on any atom is -0.370 e. The summed E-state index contributed by atoms with van der Waals surface area (Å²) >= 11 is 0. The van der Waals surface area contributed by atoms with Crippen molar-refractivity contribution in [1.29, 1.82) is 0 Å². The molecule has 0 aliphatic rings. The molecule has 3 rings (SSSR count). The average Bonchev–Trinajstić information content (AvgIpc) is 2.62. The van der Waals surface area contributed by atoms with E-state index >= 15 is 0 Å². The molecule has 0 aromatic heterocycles. The van der Waals surface area contributed by atoms with Crippen molar-refractivity contribution in [1.82, 2.24) is 0 Å². The normalized spacial score (nSPS) is 11.6. The highest BCUT2D eigenvalue weighted by Gasteiger charge is 2.20. The molecule has 0 unspecified atom stereocenters. The maximum Gasteiger partial charge on any atom is 0.251 e. The number of carbonyl (C=O) groups is 1. The molecule has 0 radical (unpaired) electrons. The van der Waals surface area contributed by atoms with Crippen molar-refractivity contribution >= 4 is 17.3 Å². The van der Waals surface area contributed by atoms with E-state index in [4.69, 9.17) is 0 Å². The Morgan fingerprint density at radius 2 is 1.60 bits per heavy atom. The van der Waals surface area contributed by atoms with Crippen molar-refractivity contribution in [2.45, 2.75) is 13.0 Å². The van der Waals surface area contributed by atoms with E-state index in [0.717, 1.165) is 16.8 Å². The summed E-state index contributed by atoms with van der Waals surface area (Å²) in [6.07, 6.45) is 0. The molecule has 25 heavy (non-hydrogen) atoms. The van der Waals surface area contributed by atoms with E-state index in [0.29, 0.717) is 5.69 Å². The fourth-order valence-corrected chi connectivity index (χ4v) is 2.59. The van der Waals surface area contributed by atoms with Crippen LogP contribution in [-0.4, -0.2) is 5.91 Å². The second-order valence-electron chi connectivity index (χ2n) is 5.85. The zero-order chi connectivity index (χ0) is 17.6. The summed E-state index contributed by atoms with van der Waals surface area (Å²) in [5, 5.41) is 6.12. The van der Waals surface area contributed by atoms with E-state index in [1.165, 1.54) is 12.1 Å². The van der Waals surface area contributed by atoms with Gasteiger partial charge in [0.1, 0.15) is 11.9 Å². The van der Waals surface area contributed by atoms with Crippen molar-refractivity contribution in [3.8, 4) is 0 Å².